The molecule has 0 radical (unpaired) electrons. The van der Waals surface area contributed by atoms with Gasteiger partial charge in [0.1, 0.15) is 0 Å². The Kier molecular flexibility index (Phi) is 5.42. The molecule has 4 N–H and O–H groups in total. The van der Waals surface area contributed by atoms with Gasteiger partial charge in [0, 0.05) is 5.54 Å². The molecule has 4 heteroatoms. The Hall–Kier alpha value is -0.610. The van der Waals surface area contributed by atoms with Gasteiger partial charge in [-0.15, -0.1) is 0 Å². The van der Waals surface area contributed by atoms with Crippen molar-refractivity contribution in [3.63, 3.8) is 0 Å². The highest BCUT2D eigenvalue weighted by atomic mass is 16.1. The summed E-state index contributed by atoms with van der Waals surface area (Å²) in [4.78, 5) is 11.2. The van der Waals surface area contributed by atoms with Gasteiger partial charge in [-0.25, -0.2) is 0 Å². The van der Waals surface area contributed by atoms with E-state index in [4.69, 9.17) is 5.73 Å². The van der Waals surface area contributed by atoms with E-state index in [1.807, 2.05) is 7.05 Å². The molecule has 0 spiro atoms. The molecule has 1 atom stereocenters. The molecule has 16 heavy (non-hydrogen) atoms. The van der Waals surface area contributed by atoms with Crippen molar-refractivity contribution in [3.8, 4) is 0 Å². The van der Waals surface area contributed by atoms with Crippen LogP contribution in [0.2, 0.25) is 0 Å². The van der Waals surface area contributed by atoms with Crippen LogP contribution in [0.4, 0.5) is 0 Å². The normalized spacial score (nSPS) is 14.9. The van der Waals surface area contributed by atoms with Crippen molar-refractivity contribution in [2.45, 2.75) is 52.1 Å². The molecule has 0 heterocycles. The highest BCUT2D eigenvalue weighted by Crippen LogP contribution is 2.32. The molecule has 96 valence electrons. The third-order valence-electron chi connectivity index (χ3n) is 3.05. The minimum absolute atomic E-state index is 0.0647. The average molecular weight is 229 g/mol. The van der Waals surface area contributed by atoms with Crippen LogP contribution < -0.4 is 16.4 Å². The molecule has 0 rings (SSSR count). The zero-order valence-corrected chi connectivity index (χ0v) is 11.5. The molecule has 0 saturated heterocycles. The Morgan fingerprint density at radius 1 is 1.25 bits per heavy atom. The van der Waals surface area contributed by atoms with Gasteiger partial charge in [-0.3, -0.25) is 4.79 Å². The second kappa shape index (κ2) is 5.64. The zero-order chi connectivity index (χ0) is 13.0. The van der Waals surface area contributed by atoms with Crippen molar-refractivity contribution in [2.24, 2.45) is 11.1 Å². The number of amides is 1. The lowest BCUT2D eigenvalue weighted by Gasteiger charge is -2.36. The summed E-state index contributed by atoms with van der Waals surface area (Å²) in [7, 11) is 3.73. The fourth-order valence-corrected chi connectivity index (χ4v) is 2.25. The summed E-state index contributed by atoms with van der Waals surface area (Å²) in [5, 5.41) is 6.25. The van der Waals surface area contributed by atoms with E-state index < -0.39 is 0 Å². The fourth-order valence-electron chi connectivity index (χ4n) is 2.25. The van der Waals surface area contributed by atoms with Crippen molar-refractivity contribution in [2.75, 3.05) is 14.1 Å². The molecular formula is C12H27N3O. The fraction of sp³-hybridized carbons (Fsp3) is 0.917. The highest BCUT2D eigenvalue weighted by molar-refractivity contribution is 5.79. The molecule has 0 aromatic heterocycles. The van der Waals surface area contributed by atoms with E-state index in [1.165, 1.54) is 0 Å². The van der Waals surface area contributed by atoms with Gasteiger partial charge in [-0.1, -0.05) is 13.8 Å². The summed E-state index contributed by atoms with van der Waals surface area (Å²) in [5.74, 6) is -0.280. The van der Waals surface area contributed by atoms with Crippen LogP contribution in [-0.2, 0) is 4.79 Å². The third-order valence-corrected chi connectivity index (χ3v) is 3.05. The first-order valence-corrected chi connectivity index (χ1v) is 5.79. The molecular weight excluding hydrogens is 202 g/mol. The van der Waals surface area contributed by atoms with E-state index in [2.05, 4.69) is 38.3 Å². The number of carbonyl (C=O) groups is 1. The molecule has 1 unspecified atom stereocenters. The van der Waals surface area contributed by atoms with E-state index in [1.54, 1.807) is 7.05 Å². The van der Waals surface area contributed by atoms with E-state index >= 15 is 0 Å². The number of hydrogen-bond donors (Lipinski definition) is 3. The van der Waals surface area contributed by atoms with Gasteiger partial charge in [0.2, 0.25) is 5.91 Å². The quantitative estimate of drug-likeness (QED) is 0.606. The van der Waals surface area contributed by atoms with E-state index in [9.17, 15) is 4.79 Å². The van der Waals surface area contributed by atoms with Crippen LogP contribution in [0.5, 0.6) is 0 Å². The second-order valence-electron chi connectivity index (χ2n) is 5.92. The Labute approximate surface area is 99.4 Å². The Morgan fingerprint density at radius 2 is 1.75 bits per heavy atom. The van der Waals surface area contributed by atoms with Crippen LogP contribution in [-0.4, -0.2) is 31.6 Å². The summed E-state index contributed by atoms with van der Waals surface area (Å²) in [6.45, 7) is 8.65. The lowest BCUT2D eigenvalue weighted by Crippen LogP contribution is -2.46. The van der Waals surface area contributed by atoms with E-state index in [0.29, 0.717) is 0 Å². The van der Waals surface area contributed by atoms with Crippen molar-refractivity contribution >= 4 is 5.91 Å². The van der Waals surface area contributed by atoms with Crippen LogP contribution in [0.3, 0.4) is 0 Å². The predicted molar refractivity (Wildman–Crippen MR) is 68.2 cm³/mol. The van der Waals surface area contributed by atoms with Crippen LogP contribution in [0.15, 0.2) is 0 Å². The largest absolute Gasteiger partial charge is 0.368 e. The first-order chi connectivity index (χ1) is 7.13. The van der Waals surface area contributed by atoms with E-state index in [0.717, 1.165) is 12.8 Å². The maximum atomic E-state index is 11.2. The third kappa shape index (κ3) is 5.47. The predicted octanol–water partition coefficient (Wildman–Crippen LogP) is 0.864. The van der Waals surface area contributed by atoms with Crippen LogP contribution >= 0.6 is 0 Å². The maximum Gasteiger partial charge on any atom is 0.234 e. The topological polar surface area (TPSA) is 67.2 Å². The van der Waals surface area contributed by atoms with Crippen LogP contribution in [0.1, 0.15) is 40.5 Å². The maximum absolute atomic E-state index is 11.2. The van der Waals surface area contributed by atoms with Crippen molar-refractivity contribution < 1.29 is 4.79 Å². The van der Waals surface area contributed by atoms with Gasteiger partial charge in [0.15, 0.2) is 0 Å². The first kappa shape index (κ1) is 15.4. The number of likely N-dealkylation sites (N-methyl/N-ethyl adjacent to an activating group) is 1. The lowest BCUT2D eigenvalue weighted by atomic mass is 9.76. The molecule has 1 amide bonds. The van der Waals surface area contributed by atoms with Crippen LogP contribution in [0.25, 0.3) is 0 Å². The minimum atomic E-state index is -0.280. The monoisotopic (exact) mass is 229 g/mol. The van der Waals surface area contributed by atoms with Crippen molar-refractivity contribution in [3.05, 3.63) is 0 Å². The molecule has 4 nitrogen and oxygen atoms in total. The second-order valence-corrected chi connectivity index (χ2v) is 5.92. The van der Waals surface area contributed by atoms with Gasteiger partial charge in [0.05, 0.1) is 6.04 Å². The molecule has 0 aromatic rings. The highest BCUT2D eigenvalue weighted by Gasteiger charge is 2.31. The Morgan fingerprint density at radius 3 is 2.06 bits per heavy atom. The molecule has 0 aliphatic carbocycles. The summed E-state index contributed by atoms with van der Waals surface area (Å²) in [5.41, 5.74) is 5.47. The standard InChI is InChI=1S/C12H27N3O/c1-11(2,8-12(3,4)15-6)7-9(14-5)10(13)16/h9,14-15H,7-8H2,1-6H3,(H2,13,16). The number of rotatable bonds is 7. The summed E-state index contributed by atoms with van der Waals surface area (Å²) in [6, 6.07) is -0.248. The Bertz CT molecular complexity index is 236. The van der Waals surface area contributed by atoms with Gasteiger partial charge in [-0.05, 0) is 46.2 Å². The molecule has 0 aromatic carbocycles. The first-order valence-electron chi connectivity index (χ1n) is 5.79. The van der Waals surface area contributed by atoms with Crippen molar-refractivity contribution in [1.29, 1.82) is 0 Å². The lowest BCUT2D eigenvalue weighted by molar-refractivity contribution is -0.120. The molecule has 0 aliphatic heterocycles. The van der Waals surface area contributed by atoms with Gasteiger partial charge >= 0.3 is 0 Å². The summed E-state index contributed by atoms with van der Waals surface area (Å²) < 4.78 is 0. The number of nitrogens with two attached hydrogens (primary N) is 1. The number of nitrogens with one attached hydrogen (secondary N) is 2. The van der Waals surface area contributed by atoms with E-state index in [-0.39, 0.29) is 22.9 Å². The SMILES string of the molecule is CNC(CC(C)(C)CC(C)(C)NC)C(N)=O. The molecule has 0 bridgehead atoms. The molecule has 0 aliphatic rings. The molecule has 0 fully saturated rings. The van der Waals surface area contributed by atoms with Crippen molar-refractivity contribution in [1.82, 2.24) is 10.6 Å². The number of primary amides is 1. The number of carbonyl (C=O) groups excluding carboxylic acids is 1. The zero-order valence-electron chi connectivity index (χ0n) is 11.5. The Balaban J connectivity index is 4.49. The average Bonchev–Trinajstić information content (AvgIpc) is 2.12. The smallest absolute Gasteiger partial charge is 0.234 e. The van der Waals surface area contributed by atoms with Gasteiger partial charge in [0.25, 0.3) is 0 Å². The summed E-state index contributed by atoms with van der Waals surface area (Å²) >= 11 is 0. The number of hydrogen-bond acceptors (Lipinski definition) is 3. The minimum Gasteiger partial charge on any atom is -0.368 e. The van der Waals surface area contributed by atoms with Gasteiger partial charge in [-0.2, -0.15) is 0 Å². The van der Waals surface area contributed by atoms with Crippen LogP contribution in [0, 0.1) is 5.41 Å². The van der Waals surface area contributed by atoms with Gasteiger partial charge < -0.3 is 16.4 Å². The summed E-state index contributed by atoms with van der Waals surface area (Å²) in [6.07, 6.45) is 1.74. The molecule has 0 saturated carbocycles.